The van der Waals surface area contributed by atoms with Crippen LogP contribution in [0.3, 0.4) is 0 Å². The first kappa shape index (κ1) is 21.9. The van der Waals surface area contributed by atoms with Crippen LogP contribution >= 0.6 is 0 Å². The summed E-state index contributed by atoms with van der Waals surface area (Å²) in [5.41, 5.74) is 1.22. The Morgan fingerprint density at radius 1 is 0.966 bits per heavy atom. The van der Waals surface area contributed by atoms with E-state index in [1.54, 1.807) is 36.4 Å². The van der Waals surface area contributed by atoms with Crippen molar-refractivity contribution < 1.29 is 23.9 Å². The smallest absolute Gasteiger partial charge is 0.345 e. The normalized spacial score (nSPS) is 11.9. The molecule has 7 heteroatoms. The first-order valence-corrected chi connectivity index (χ1v) is 9.21. The highest BCUT2D eigenvalue weighted by atomic mass is 16.6. The number of imide groups is 1. The van der Waals surface area contributed by atoms with Gasteiger partial charge in [0.2, 0.25) is 6.10 Å². The second-order valence-electron chi connectivity index (χ2n) is 7.38. The molecule has 2 aromatic rings. The molecule has 0 radical (unpaired) electrons. The molecule has 3 amide bonds. The minimum absolute atomic E-state index is 0.166. The summed E-state index contributed by atoms with van der Waals surface area (Å²) in [6.07, 6.45) is -1.28. The molecular weight excluding hydrogens is 372 g/mol. The lowest BCUT2D eigenvalue weighted by molar-refractivity contribution is -0.158. The van der Waals surface area contributed by atoms with Gasteiger partial charge in [0, 0.05) is 12.6 Å². The van der Waals surface area contributed by atoms with E-state index in [4.69, 9.17) is 9.47 Å². The van der Waals surface area contributed by atoms with E-state index < -0.39 is 24.0 Å². The summed E-state index contributed by atoms with van der Waals surface area (Å²) in [5, 5.41) is 4.42. The number of ether oxygens (including phenoxy) is 2. The van der Waals surface area contributed by atoms with Gasteiger partial charge in [-0.15, -0.1) is 0 Å². The zero-order chi connectivity index (χ0) is 21.4. The molecule has 0 aliphatic heterocycles. The van der Waals surface area contributed by atoms with Gasteiger partial charge in [-0.2, -0.15) is 0 Å². The Labute approximate surface area is 170 Å². The molecule has 0 aromatic heterocycles. The van der Waals surface area contributed by atoms with Crippen molar-refractivity contribution in [3.63, 3.8) is 0 Å². The van der Waals surface area contributed by atoms with Gasteiger partial charge in [0.25, 0.3) is 5.91 Å². The number of rotatable bonds is 6. The third kappa shape index (κ3) is 6.34. The van der Waals surface area contributed by atoms with Gasteiger partial charge in [0.15, 0.2) is 6.61 Å². The van der Waals surface area contributed by atoms with Crippen molar-refractivity contribution >= 4 is 17.9 Å². The Kier molecular flexibility index (Phi) is 7.36. The third-order valence-corrected chi connectivity index (χ3v) is 4.09. The van der Waals surface area contributed by atoms with E-state index in [9.17, 15) is 14.4 Å². The van der Waals surface area contributed by atoms with Crippen LogP contribution in [0.1, 0.15) is 38.0 Å². The lowest BCUT2D eigenvalue weighted by Gasteiger charge is -2.23. The molecular formula is C22H26N2O5. The number of amides is 3. The quantitative estimate of drug-likeness (QED) is 0.730. The molecule has 0 bridgehead atoms. The molecule has 0 aliphatic rings. The molecule has 1 atom stereocenters. The largest absolute Gasteiger partial charge is 0.482 e. The van der Waals surface area contributed by atoms with Crippen LogP contribution in [-0.4, -0.2) is 31.6 Å². The maximum absolute atomic E-state index is 12.4. The number of para-hydroxylation sites is 1. The topological polar surface area (TPSA) is 93.7 Å². The molecule has 29 heavy (non-hydrogen) atoms. The van der Waals surface area contributed by atoms with Crippen LogP contribution in [0, 0.1) is 0 Å². The molecule has 0 saturated heterocycles. The van der Waals surface area contributed by atoms with Crippen LogP contribution in [0.25, 0.3) is 0 Å². The number of nitrogens with one attached hydrogen (secondary N) is 2. The summed E-state index contributed by atoms with van der Waals surface area (Å²) in [7, 11) is 1.38. The highest BCUT2D eigenvalue weighted by molar-refractivity contribution is 5.97. The fraction of sp³-hybridized carbons (Fsp3) is 0.318. The maximum Gasteiger partial charge on any atom is 0.345 e. The SMILES string of the molecule is CNC(=O)NC(=O)[C@@H](OC(=O)COc1ccccc1C(C)(C)C)c1ccccc1. The van der Waals surface area contributed by atoms with Gasteiger partial charge < -0.3 is 14.8 Å². The monoisotopic (exact) mass is 398 g/mol. The van der Waals surface area contributed by atoms with Gasteiger partial charge in [-0.1, -0.05) is 69.3 Å². The van der Waals surface area contributed by atoms with Crippen molar-refractivity contribution in [2.75, 3.05) is 13.7 Å². The van der Waals surface area contributed by atoms with Crippen LogP contribution in [0.15, 0.2) is 54.6 Å². The van der Waals surface area contributed by atoms with Crippen LogP contribution in [0.2, 0.25) is 0 Å². The minimum atomic E-state index is -1.28. The first-order chi connectivity index (χ1) is 13.7. The fourth-order valence-electron chi connectivity index (χ4n) is 2.65. The number of hydrogen-bond acceptors (Lipinski definition) is 5. The molecule has 2 N–H and O–H groups in total. The zero-order valence-electron chi connectivity index (χ0n) is 17.0. The molecule has 0 fully saturated rings. The van der Waals surface area contributed by atoms with E-state index >= 15 is 0 Å². The predicted octanol–water partition coefficient (Wildman–Crippen LogP) is 3.10. The summed E-state index contributed by atoms with van der Waals surface area (Å²) in [4.78, 5) is 36.3. The molecule has 7 nitrogen and oxygen atoms in total. The fourth-order valence-corrected chi connectivity index (χ4v) is 2.65. The Bertz CT molecular complexity index is 859. The number of carbonyl (C=O) groups excluding carboxylic acids is 3. The van der Waals surface area contributed by atoms with E-state index in [1.165, 1.54) is 7.05 Å². The Morgan fingerprint density at radius 3 is 2.21 bits per heavy atom. The second-order valence-corrected chi connectivity index (χ2v) is 7.38. The molecule has 0 unspecified atom stereocenters. The highest BCUT2D eigenvalue weighted by Crippen LogP contribution is 2.31. The summed E-state index contributed by atoms with van der Waals surface area (Å²) in [6, 6.07) is 15.2. The van der Waals surface area contributed by atoms with E-state index in [2.05, 4.69) is 10.6 Å². The Balaban J connectivity index is 2.11. The highest BCUT2D eigenvalue weighted by Gasteiger charge is 2.27. The van der Waals surface area contributed by atoms with Crippen LogP contribution in [0.4, 0.5) is 4.79 Å². The van der Waals surface area contributed by atoms with E-state index in [0.29, 0.717) is 11.3 Å². The summed E-state index contributed by atoms with van der Waals surface area (Å²) in [5.74, 6) is -0.906. The van der Waals surface area contributed by atoms with Crippen LogP contribution in [-0.2, 0) is 19.7 Å². The van der Waals surface area contributed by atoms with Crippen molar-refractivity contribution in [1.29, 1.82) is 0 Å². The van der Waals surface area contributed by atoms with Gasteiger partial charge in [0.1, 0.15) is 5.75 Å². The summed E-state index contributed by atoms with van der Waals surface area (Å²) in [6.45, 7) is 5.76. The maximum atomic E-state index is 12.4. The standard InChI is InChI=1S/C22H26N2O5/c1-22(2,3)16-12-8-9-13-17(16)28-14-18(25)29-19(15-10-6-5-7-11-15)20(26)24-21(27)23-4/h5-13,19H,14H2,1-4H3,(H2,23,24,26,27)/t19-/m0/s1. The molecule has 0 heterocycles. The minimum Gasteiger partial charge on any atom is -0.482 e. The second kappa shape index (κ2) is 9.73. The summed E-state index contributed by atoms with van der Waals surface area (Å²) >= 11 is 0. The number of hydrogen-bond donors (Lipinski definition) is 2. The predicted molar refractivity (Wildman–Crippen MR) is 109 cm³/mol. The van der Waals surface area contributed by atoms with Crippen molar-refractivity contribution in [3.05, 3.63) is 65.7 Å². The van der Waals surface area contributed by atoms with Gasteiger partial charge in [-0.05, 0) is 17.0 Å². The average Bonchev–Trinajstić information content (AvgIpc) is 2.70. The van der Waals surface area contributed by atoms with Crippen LogP contribution in [0.5, 0.6) is 5.75 Å². The lowest BCUT2D eigenvalue weighted by atomic mass is 9.86. The van der Waals surface area contributed by atoms with E-state index in [-0.39, 0.29) is 12.0 Å². The lowest BCUT2D eigenvalue weighted by Crippen LogP contribution is -2.41. The molecule has 2 rings (SSSR count). The molecule has 0 spiro atoms. The van der Waals surface area contributed by atoms with E-state index in [0.717, 1.165) is 5.56 Å². The molecule has 2 aromatic carbocycles. The van der Waals surface area contributed by atoms with Crippen molar-refractivity contribution in [3.8, 4) is 5.75 Å². The molecule has 0 aliphatic carbocycles. The zero-order valence-corrected chi connectivity index (χ0v) is 17.0. The van der Waals surface area contributed by atoms with Gasteiger partial charge in [-0.3, -0.25) is 10.1 Å². The number of esters is 1. The van der Waals surface area contributed by atoms with Crippen molar-refractivity contribution in [2.45, 2.75) is 32.3 Å². The first-order valence-electron chi connectivity index (χ1n) is 9.21. The van der Waals surface area contributed by atoms with Crippen molar-refractivity contribution in [2.24, 2.45) is 0 Å². The van der Waals surface area contributed by atoms with Crippen LogP contribution < -0.4 is 15.4 Å². The third-order valence-electron chi connectivity index (χ3n) is 4.09. The number of benzene rings is 2. The Hall–Kier alpha value is -3.35. The number of urea groups is 1. The van der Waals surface area contributed by atoms with Gasteiger partial charge >= 0.3 is 12.0 Å². The van der Waals surface area contributed by atoms with Gasteiger partial charge in [-0.25, -0.2) is 9.59 Å². The Morgan fingerprint density at radius 2 is 1.59 bits per heavy atom. The number of carbonyl (C=O) groups is 3. The van der Waals surface area contributed by atoms with E-state index in [1.807, 2.05) is 39.0 Å². The molecule has 0 saturated carbocycles. The average molecular weight is 398 g/mol. The van der Waals surface area contributed by atoms with Gasteiger partial charge in [0.05, 0.1) is 0 Å². The van der Waals surface area contributed by atoms with Crippen molar-refractivity contribution in [1.82, 2.24) is 10.6 Å². The summed E-state index contributed by atoms with van der Waals surface area (Å²) < 4.78 is 11.0. The molecule has 154 valence electrons.